The molecule has 7 heteroatoms. The van der Waals surface area contributed by atoms with Crippen LogP contribution in [0.3, 0.4) is 0 Å². The Morgan fingerprint density at radius 1 is 1.27 bits per heavy atom. The summed E-state index contributed by atoms with van der Waals surface area (Å²) >= 11 is 6.11. The first-order valence-corrected chi connectivity index (χ1v) is 8.57. The van der Waals surface area contributed by atoms with Gasteiger partial charge in [0.2, 0.25) is 5.89 Å². The summed E-state index contributed by atoms with van der Waals surface area (Å²) in [7, 11) is 0. The molecule has 2 heterocycles. The lowest BCUT2D eigenvalue weighted by Crippen LogP contribution is -2.49. The van der Waals surface area contributed by atoms with Crippen LogP contribution in [0.25, 0.3) is 11.1 Å². The second kappa shape index (κ2) is 6.46. The maximum absolute atomic E-state index is 13.5. The van der Waals surface area contributed by atoms with Crippen molar-refractivity contribution in [2.75, 3.05) is 13.1 Å². The molecule has 1 atom stereocenters. The number of para-hydroxylation sites is 2. The van der Waals surface area contributed by atoms with E-state index in [1.165, 1.54) is 0 Å². The van der Waals surface area contributed by atoms with Gasteiger partial charge in [-0.15, -0.1) is 9.60 Å². The minimum Gasteiger partial charge on any atom is -0.438 e. The van der Waals surface area contributed by atoms with E-state index in [1.807, 2.05) is 12.1 Å². The van der Waals surface area contributed by atoms with Gasteiger partial charge in [-0.05, 0) is 36.2 Å². The predicted octanol–water partition coefficient (Wildman–Crippen LogP) is 3.42. The molecule has 26 heavy (non-hydrogen) atoms. The number of ketones is 1. The van der Waals surface area contributed by atoms with E-state index in [9.17, 15) is 9.28 Å². The molecule has 2 aromatic carbocycles. The minimum atomic E-state index is -1.68. The molecule has 0 spiro atoms. The van der Waals surface area contributed by atoms with Crippen LogP contribution in [0.5, 0.6) is 0 Å². The fraction of sp³-hybridized carbons (Fsp3) is 0.211. The highest BCUT2D eigenvalue weighted by Crippen LogP contribution is 2.36. The Labute approximate surface area is 154 Å². The van der Waals surface area contributed by atoms with Gasteiger partial charge in [0.15, 0.2) is 16.9 Å². The Bertz CT molecular complexity index is 943. The third-order valence-electron chi connectivity index (χ3n) is 4.61. The van der Waals surface area contributed by atoms with Crippen LogP contribution in [0.1, 0.15) is 17.9 Å². The third-order valence-corrected chi connectivity index (χ3v) is 4.84. The van der Waals surface area contributed by atoms with Gasteiger partial charge in [-0.1, -0.05) is 35.9 Å². The number of oxazole rings is 1. The van der Waals surface area contributed by atoms with Gasteiger partial charge in [0.25, 0.3) is 0 Å². The smallest absolute Gasteiger partial charge is 0.228 e. The molecule has 0 amide bonds. The second-order valence-corrected chi connectivity index (χ2v) is 6.77. The van der Waals surface area contributed by atoms with Crippen LogP contribution in [0.4, 0.5) is 4.48 Å². The summed E-state index contributed by atoms with van der Waals surface area (Å²) in [6, 6.07) is 13.9. The molecular weight excluding hydrogens is 357 g/mol. The molecule has 0 unspecified atom stereocenters. The van der Waals surface area contributed by atoms with Crippen molar-refractivity contribution in [3.63, 3.8) is 0 Å². The third kappa shape index (κ3) is 2.80. The molecule has 1 aliphatic rings. The van der Waals surface area contributed by atoms with Crippen molar-refractivity contribution in [2.45, 2.75) is 12.0 Å². The average molecular weight is 373 g/mol. The number of rotatable bonds is 4. The number of nitrogens with two attached hydrogens (primary N) is 1. The largest absolute Gasteiger partial charge is 0.438 e. The van der Waals surface area contributed by atoms with Crippen LogP contribution < -0.4 is 5.73 Å². The van der Waals surface area contributed by atoms with Crippen molar-refractivity contribution >= 4 is 28.5 Å². The first kappa shape index (κ1) is 17.1. The van der Waals surface area contributed by atoms with Crippen molar-refractivity contribution in [2.24, 2.45) is 5.73 Å². The van der Waals surface area contributed by atoms with Gasteiger partial charge in [-0.3, -0.25) is 4.79 Å². The van der Waals surface area contributed by atoms with Gasteiger partial charge in [0, 0.05) is 18.1 Å². The fourth-order valence-electron chi connectivity index (χ4n) is 3.21. The van der Waals surface area contributed by atoms with Crippen LogP contribution in [0.15, 0.2) is 52.9 Å². The SMILES string of the molecule is N[C@@](C(=O)[C]1CCN(F)C1)(c1cccc(Cl)c1)c1nc2ccccc2o1. The van der Waals surface area contributed by atoms with Gasteiger partial charge in [-0.25, -0.2) is 4.98 Å². The summed E-state index contributed by atoms with van der Waals surface area (Å²) in [4.78, 5) is 17.7. The summed E-state index contributed by atoms with van der Waals surface area (Å²) in [6.45, 7) is 0.0961. The number of carbonyl (C=O) groups is 1. The highest BCUT2D eigenvalue weighted by atomic mass is 35.5. The Morgan fingerprint density at radius 3 is 2.77 bits per heavy atom. The average Bonchev–Trinajstić information content (AvgIpc) is 3.26. The zero-order valence-corrected chi connectivity index (χ0v) is 14.5. The number of hydrogen-bond donors (Lipinski definition) is 1. The topological polar surface area (TPSA) is 72.4 Å². The van der Waals surface area contributed by atoms with Crippen molar-refractivity contribution in [1.29, 1.82) is 0 Å². The normalized spacial score (nSPS) is 18.3. The number of halogens is 2. The maximum atomic E-state index is 13.5. The van der Waals surface area contributed by atoms with Crippen molar-refractivity contribution in [3.8, 4) is 0 Å². The van der Waals surface area contributed by atoms with Gasteiger partial charge < -0.3 is 10.2 Å². The number of Topliss-reactive ketones (excluding diaryl/α,β-unsaturated/α-hetero) is 1. The Balaban J connectivity index is 1.87. The Morgan fingerprint density at radius 2 is 2.08 bits per heavy atom. The molecule has 2 N–H and O–H groups in total. The van der Waals surface area contributed by atoms with Crippen molar-refractivity contribution < 1.29 is 13.7 Å². The van der Waals surface area contributed by atoms with Gasteiger partial charge >= 0.3 is 0 Å². The van der Waals surface area contributed by atoms with E-state index in [4.69, 9.17) is 21.8 Å². The Hall–Kier alpha value is -2.28. The van der Waals surface area contributed by atoms with E-state index in [1.54, 1.807) is 36.4 Å². The monoisotopic (exact) mass is 372 g/mol. The van der Waals surface area contributed by atoms with Crippen LogP contribution in [0, 0.1) is 5.92 Å². The molecule has 1 fully saturated rings. The molecule has 1 saturated heterocycles. The second-order valence-electron chi connectivity index (χ2n) is 6.33. The highest BCUT2D eigenvalue weighted by molar-refractivity contribution is 6.30. The standard InChI is InChI=1S/C19H16ClFN3O2/c20-14-5-3-4-13(10-14)19(22,17(25)12-8-9-24(21)11-12)18-23-15-6-1-2-7-16(15)26-18/h1-7,10H,8-9,11,22H2/t19-/m1/s1. The molecule has 133 valence electrons. The summed E-state index contributed by atoms with van der Waals surface area (Å²) in [6.07, 6.45) is 0.315. The van der Waals surface area contributed by atoms with E-state index in [-0.39, 0.29) is 19.0 Å². The lowest BCUT2D eigenvalue weighted by atomic mass is 9.80. The number of nitrogens with zero attached hydrogens (tertiary/aromatic N) is 2. The number of aromatic nitrogens is 1. The number of fused-ring (bicyclic) bond motifs is 1. The molecule has 1 aliphatic heterocycles. The molecule has 0 aliphatic carbocycles. The molecule has 1 aromatic heterocycles. The van der Waals surface area contributed by atoms with Crippen molar-refractivity contribution in [3.05, 3.63) is 70.9 Å². The lowest BCUT2D eigenvalue weighted by molar-refractivity contribution is -0.122. The van der Waals surface area contributed by atoms with Crippen molar-refractivity contribution in [1.82, 2.24) is 10.1 Å². The summed E-state index contributed by atoms with van der Waals surface area (Å²) < 4.78 is 19.3. The summed E-state index contributed by atoms with van der Waals surface area (Å²) in [5.74, 6) is 0.0551. The fourth-order valence-corrected chi connectivity index (χ4v) is 3.40. The molecule has 5 nitrogen and oxygen atoms in total. The van der Waals surface area contributed by atoms with Crippen LogP contribution >= 0.6 is 11.6 Å². The molecule has 0 saturated carbocycles. The van der Waals surface area contributed by atoms with E-state index in [0.29, 0.717) is 39.1 Å². The Kier molecular flexibility index (Phi) is 4.26. The maximum Gasteiger partial charge on any atom is 0.228 e. The lowest BCUT2D eigenvalue weighted by Gasteiger charge is -2.27. The van der Waals surface area contributed by atoms with Crippen LogP contribution in [0.2, 0.25) is 5.02 Å². The van der Waals surface area contributed by atoms with E-state index < -0.39 is 11.3 Å². The summed E-state index contributed by atoms with van der Waals surface area (Å²) in [5, 5.41) is 1.03. The quantitative estimate of drug-likeness (QED) is 0.710. The number of carbonyl (C=O) groups excluding carboxylic acids is 1. The molecule has 0 bridgehead atoms. The van der Waals surface area contributed by atoms with Crippen LogP contribution in [-0.2, 0) is 10.3 Å². The van der Waals surface area contributed by atoms with Gasteiger partial charge in [-0.2, -0.15) is 0 Å². The zero-order valence-electron chi connectivity index (χ0n) is 13.8. The first-order chi connectivity index (χ1) is 12.5. The molecule has 3 aromatic rings. The van der Waals surface area contributed by atoms with Crippen LogP contribution in [-0.4, -0.2) is 29.0 Å². The first-order valence-electron chi connectivity index (χ1n) is 8.19. The number of benzene rings is 2. The zero-order chi connectivity index (χ0) is 18.3. The molecular formula is C19H16ClFN3O2. The highest BCUT2D eigenvalue weighted by Gasteiger charge is 2.48. The van der Waals surface area contributed by atoms with Gasteiger partial charge in [0.1, 0.15) is 5.52 Å². The van der Waals surface area contributed by atoms with E-state index in [2.05, 4.69) is 4.98 Å². The van der Waals surface area contributed by atoms with E-state index >= 15 is 0 Å². The predicted molar refractivity (Wildman–Crippen MR) is 96.0 cm³/mol. The minimum absolute atomic E-state index is 0.0655. The van der Waals surface area contributed by atoms with Gasteiger partial charge in [0.05, 0.1) is 5.92 Å². The molecule has 4 rings (SSSR count). The number of hydrogen-bond acceptors (Lipinski definition) is 5. The summed E-state index contributed by atoms with van der Waals surface area (Å²) in [5.41, 5.74) is 6.51. The van der Waals surface area contributed by atoms with E-state index in [0.717, 1.165) is 0 Å². The molecule has 1 radical (unpaired) electrons.